The molecule has 4 aromatic rings. The number of benzene rings is 3. The monoisotopic (exact) mass is 435 g/mol. The van der Waals surface area contributed by atoms with E-state index in [4.69, 9.17) is 4.98 Å². The molecule has 4 rings (SSSR count). The molecule has 3 aromatic carbocycles. The quantitative estimate of drug-likeness (QED) is 0.360. The highest BCUT2D eigenvalue weighted by Crippen LogP contribution is 2.33. The summed E-state index contributed by atoms with van der Waals surface area (Å²) in [4.78, 5) is 20.4. The highest BCUT2D eigenvalue weighted by Gasteiger charge is 2.18. The van der Waals surface area contributed by atoms with Gasteiger partial charge < -0.3 is 10.2 Å². The first-order chi connectivity index (χ1) is 16.1. The Kier molecular flexibility index (Phi) is 7.28. The number of rotatable bonds is 8. The third-order valence-electron chi connectivity index (χ3n) is 5.56. The van der Waals surface area contributed by atoms with Gasteiger partial charge in [-0.15, -0.1) is 0 Å². The molecule has 1 heterocycles. The topological polar surface area (TPSA) is 45.2 Å². The van der Waals surface area contributed by atoms with Crippen LogP contribution in [0.25, 0.3) is 22.5 Å². The predicted octanol–water partition coefficient (Wildman–Crippen LogP) is 6.16. The second kappa shape index (κ2) is 10.7. The van der Waals surface area contributed by atoms with Crippen LogP contribution in [0.2, 0.25) is 0 Å². The number of anilines is 1. The van der Waals surface area contributed by atoms with Crippen LogP contribution < -0.4 is 5.32 Å². The van der Waals surface area contributed by atoms with E-state index in [0.29, 0.717) is 5.56 Å². The Bertz CT molecular complexity index is 1190. The molecule has 33 heavy (non-hydrogen) atoms. The van der Waals surface area contributed by atoms with Crippen molar-refractivity contribution >= 4 is 11.6 Å². The molecule has 0 saturated carbocycles. The Morgan fingerprint density at radius 2 is 1.39 bits per heavy atom. The molecule has 0 spiro atoms. The highest BCUT2D eigenvalue weighted by molar-refractivity contribution is 6.05. The van der Waals surface area contributed by atoms with Crippen LogP contribution in [0.3, 0.4) is 0 Å². The minimum Gasteiger partial charge on any atom is -0.322 e. The summed E-state index contributed by atoms with van der Waals surface area (Å²) in [5, 5.41) is 3.19. The molecule has 4 heteroatoms. The third kappa shape index (κ3) is 5.73. The molecular weight excluding hydrogens is 406 g/mol. The van der Waals surface area contributed by atoms with Gasteiger partial charge in [-0.1, -0.05) is 78.9 Å². The lowest BCUT2D eigenvalue weighted by Crippen LogP contribution is -2.16. The van der Waals surface area contributed by atoms with Gasteiger partial charge in [-0.3, -0.25) is 4.79 Å². The predicted molar refractivity (Wildman–Crippen MR) is 136 cm³/mol. The Hall–Kier alpha value is -3.76. The lowest BCUT2D eigenvalue weighted by Gasteiger charge is -2.19. The van der Waals surface area contributed by atoms with Gasteiger partial charge in [-0.2, -0.15) is 0 Å². The smallest absolute Gasteiger partial charge is 0.255 e. The zero-order chi connectivity index (χ0) is 23.0. The summed E-state index contributed by atoms with van der Waals surface area (Å²) in [6.07, 6.45) is 1.78. The largest absolute Gasteiger partial charge is 0.322 e. The molecule has 0 unspecified atom stereocenters. The summed E-state index contributed by atoms with van der Waals surface area (Å²) >= 11 is 0. The Morgan fingerprint density at radius 1 is 0.818 bits per heavy atom. The van der Waals surface area contributed by atoms with Crippen LogP contribution in [0.15, 0.2) is 97.1 Å². The lowest BCUT2D eigenvalue weighted by atomic mass is 9.97. The van der Waals surface area contributed by atoms with Crippen molar-refractivity contribution < 1.29 is 4.79 Å². The van der Waals surface area contributed by atoms with Gasteiger partial charge in [0.1, 0.15) is 0 Å². The molecule has 1 aromatic heterocycles. The van der Waals surface area contributed by atoms with Gasteiger partial charge in [0.25, 0.3) is 5.91 Å². The summed E-state index contributed by atoms with van der Waals surface area (Å²) in [6.45, 7) is 0.959. The molecule has 0 fully saturated rings. The minimum absolute atomic E-state index is 0.117. The maximum Gasteiger partial charge on any atom is 0.255 e. The normalized spacial score (nSPS) is 10.9. The molecule has 0 radical (unpaired) electrons. The summed E-state index contributed by atoms with van der Waals surface area (Å²) in [7, 11) is 4.15. The van der Waals surface area contributed by atoms with Gasteiger partial charge in [0.2, 0.25) is 0 Å². The molecule has 166 valence electrons. The first-order valence-electron chi connectivity index (χ1n) is 11.3. The number of aromatic nitrogens is 1. The number of nitrogens with one attached hydrogen (secondary N) is 1. The van der Waals surface area contributed by atoms with Gasteiger partial charge >= 0.3 is 0 Å². The fourth-order valence-corrected chi connectivity index (χ4v) is 3.88. The minimum atomic E-state index is -0.117. The van der Waals surface area contributed by atoms with Gasteiger partial charge in [0.05, 0.1) is 11.4 Å². The number of nitrogens with zero attached hydrogens (tertiary/aromatic N) is 2. The van der Waals surface area contributed by atoms with Crippen molar-refractivity contribution in [3.63, 3.8) is 0 Å². The van der Waals surface area contributed by atoms with E-state index in [1.807, 2.05) is 84.9 Å². The third-order valence-corrected chi connectivity index (χ3v) is 5.56. The number of carbonyl (C=O) groups excluding carboxylic acids is 1. The number of hydrogen-bond donors (Lipinski definition) is 1. The molecule has 1 amide bonds. The van der Waals surface area contributed by atoms with E-state index in [-0.39, 0.29) is 5.91 Å². The SMILES string of the molecule is CN(C)CCCc1c(NC(=O)c2ccccc2)cc(-c2ccccc2)nc1-c1ccccc1. The van der Waals surface area contributed by atoms with Crippen LogP contribution in [0.1, 0.15) is 22.3 Å². The molecule has 0 aliphatic carbocycles. The van der Waals surface area contributed by atoms with Crippen molar-refractivity contribution in [3.05, 3.63) is 108 Å². The summed E-state index contributed by atoms with van der Waals surface area (Å²) < 4.78 is 0. The number of pyridine rings is 1. The molecule has 0 saturated heterocycles. The van der Waals surface area contributed by atoms with Crippen molar-refractivity contribution in [2.45, 2.75) is 12.8 Å². The van der Waals surface area contributed by atoms with Crippen molar-refractivity contribution in [1.82, 2.24) is 9.88 Å². The van der Waals surface area contributed by atoms with Crippen molar-refractivity contribution in [2.75, 3.05) is 26.0 Å². The second-order valence-corrected chi connectivity index (χ2v) is 8.34. The Morgan fingerprint density at radius 3 is 2.00 bits per heavy atom. The number of amides is 1. The van der Waals surface area contributed by atoms with E-state index in [9.17, 15) is 4.79 Å². The number of carbonyl (C=O) groups is 1. The van der Waals surface area contributed by atoms with E-state index in [1.165, 1.54) is 0 Å². The highest BCUT2D eigenvalue weighted by atomic mass is 16.1. The van der Waals surface area contributed by atoms with Crippen LogP contribution in [0.5, 0.6) is 0 Å². The maximum absolute atomic E-state index is 13.1. The molecule has 4 nitrogen and oxygen atoms in total. The first kappa shape index (κ1) is 22.4. The zero-order valence-electron chi connectivity index (χ0n) is 19.2. The first-order valence-corrected chi connectivity index (χ1v) is 11.3. The molecular formula is C29H29N3O. The van der Waals surface area contributed by atoms with Crippen LogP contribution in [0.4, 0.5) is 5.69 Å². The molecule has 0 bridgehead atoms. The number of hydrogen-bond acceptors (Lipinski definition) is 3. The van der Waals surface area contributed by atoms with Crippen molar-refractivity contribution in [3.8, 4) is 22.5 Å². The zero-order valence-corrected chi connectivity index (χ0v) is 19.2. The van der Waals surface area contributed by atoms with Crippen LogP contribution in [-0.4, -0.2) is 36.4 Å². The van der Waals surface area contributed by atoms with E-state index in [1.54, 1.807) is 0 Å². The standard InChI is InChI=1S/C29H29N3O/c1-32(2)20-12-19-25-27(31-29(33)24-17-10-5-11-18-24)21-26(22-13-6-3-7-14-22)30-28(25)23-15-8-4-9-16-23/h3-11,13-18,21H,12,19-20H2,1-2H3,(H,30,31,33). The summed E-state index contributed by atoms with van der Waals surface area (Å²) in [6, 6.07) is 31.7. The van der Waals surface area contributed by atoms with Crippen LogP contribution in [-0.2, 0) is 6.42 Å². The van der Waals surface area contributed by atoms with Crippen LogP contribution in [0, 0.1) is 0 Å². The summed E-state index contributed by atoms with van der Waals surface area (Å²) in [5.74, 6) is -0.117. The van der Waals surface area contributed by atoms with E-state index in [0.717, 1.165) is 53.2 Å². The van der Waals surface area contributed by atoms with Gasteiger partial charge in [0.15, 0.2) is 0 Å². The molecule has 0 atom stereocenters. The average Bonchev–Trinajstić information content (AvgIpc) is 2.86. The van der Waals surface area contributed by atoms with Crippen LogP contribution >= 0.6 is 0 Å². The van der Waals surface area contributed by atoms with E-state index >= 15 is 0 Å². The van der Waals surface area contributed by atoms with E-state index in [2.05, 4.69) is 36.4 Å². The summed E-state index contributed by atoms with van der Waals surface area (Å²) in [5.41, 5.74) is 6.33. The average molecular weight is 436 g/mol. The van der Waals surface area contributed by atoms with Crippen molar-refractivity contribution in [1.29, 1.82) is 0 Å². The lowest BCUT2D eigenvalue weighted by molar-refractivity contribution is 0.102. The van der Waals surface area contributed by atoms with E-state index < -0.39 is 0 Å². The Balaban J connectivity index is 1.83. The van der Waals surface area contributed by atoms with Gasteiger partial charge in [0, 0.05) is 27.9 Å². The van der Waals surface area contributed by atoms with Gasteiger partial charge in [-0.05, 0) is 51.7 Å². The van der Waals surface area contributed by atoms with Crippen molar-refractivity contribution in [2.24, 2.45) is 0 Å². The molecule has 0 aliphatic rings. The second-order valence-electron chi connectivity index (χ2n) is 8.34. The fourth-order valence-electron chi connectivity index (χ4n) is 3.88. The van der Waals surface area contributed by atoms with Gasteiger partial charge in [-0.25, -0.2) is 4.98 Å². The molecule has 0 aliphatic heterocycles. The Labute approximate surface area is 195 Å². The fraction of sp³-hybridized carbons (Fsp3) is 0.172. The molecule has 1 N–H and O–H groups in total. The maximum atomic E-state index is 13.1.